The molecule has 4 nitrogen and oxygen atoms in total. The number of rotatable bonds is 4. The van der Waals surface area contributed by atoms with Crippen LogP contribution in [0.1, 0.15) is 43.6 Å². The summed E-state index contributed by atoms with van der Waals surface area (Å²) < 4.78 is 33.7. The number of aryl methyl sites for hydroxylation is 1. The maximum absolute atomic E-state index is 13.9. The van der Waals surface area contributed by atoms with Crippen LogP contribution in [-0.2, 0) is 5.75 Å². The Hall–Kier alpha value is -1.18. The quantitative estimate of drug-likeness (QED) is 0.839. The fourth-order valence-corrected chi connectivity index (χ4v) is 5.34. The highest BCUT2D eigenvalue weighted by Crippen LogP contribution is 2.48. The number of oxazole rings is 1. The van der Waals surface area contributed by atoms with Crippen LogP contribution in [0, 0.1) is 12.8 Å². The van der Waals surface area contributed by atoms with Crippen molar-refractivity contribution in [3.8, 4) is 0 Å². The third-order valence-corrected chi connectivity index (χ3v) is 6.89. The van der Waals surface area contributed by atoms with Gasteiger partial charge in [-0.25, -0.2) is 19.2 Å². The molecule has 2 heterocycles. The molecule has 1 aromatic carbocycles. The first-order valence-electron chi connectivity index (χ1n) is 8.84. The molecule has 1 aliphatic carbocycles. The Labute approximate surface area is 150 Å². The first-order chi connectivity index (χ1) is 12.0. The summed E-state index contributed by atoms with van der Waals surface area (Å²) in [5.41, 5.74) is 9.20. The zero-order chi connectivity index (χ0) is 17.5. The SMILES string of the molecule is Cc1cccc2oc(CSC3(C4CCCC(F)(F)C4)CCNN3)nc12. The maximum atomic E-state index is 13.9. The highest BCUT2D eigenvalue weighted by Gasteiger charge is 2.48. The van der Waals surface area contributed by atoms with Crippen molar-refractivity contribution in [3.05, 3.63) is 29.7 Å². The summed E-state index contributed by atoms with van der Waals surface area (Å²) in [7, 11) is 0. The molecule has 7 heteroatoms. The molecule has 4 rings (SSSR count). The fraction of sp³-hybridized carbons (Fsp3) is 0.611. The van der Waals surface area contributed by atoms with Gasteiger partial charge in [0, 0.05) is 19.4 Å². The van der Waals surface area contributed by atoms with Gasteiger partial charge in [-0.05, 0) is 43.7 Å². The van der Waals surface area contributed by atoms with E-state index in [9.17, 15) is 8.78 Å². The van der Waals surface area contributed by atoms with Crippen LogP contribution in [-0.4, -0.2) is 22.3 Å². The van der Waals surface area contributed by atoms with Crippen molar-refractivity contribution in [2.24, 2.45) is 5.92 Å². The van der Waals surface area contributed by atoms with Gasteiger partial charge in [-0.15, -0.1) is 11.8 Å². The van der Waals surface area contributed by atoms with E-state index in [2.05, 4.69) is 15.8 Å². The molecule has 136 valence electrons. The van der Waals surface area contributed by atoms with Crippen molar-refractivity contribution < 1.29 is 13.2 Å². The zero-order valence-corrected chi connectivity index (χ0v) is 15.1. The molecule has 0 radical (unpaired) electrons. The Balaban J connectivity index is 1.52. The Morgan fingerprint density at radius 2 is 2.24 bits per heavy atom. The van der Waals surface area contributed by atoms with E-state index >= 15 is 0 Å². The molecule has 0 spiro atoms. The molecular formula is C18H23F2N3OS. The average Bonchev–Trinajstić information content (AvgIpc) is 3.20. The minimum Gasteiger partial charge on any atom is -0.440 e. The number of para-hydroxylation sites is 1. The summed E-state index contributed by atoms with van der Waals surface area (Å²) in [5, 5.41) is 0. The molecule has 2 fully saturated rings. The predicted octanol–water partition coefficient (Wildman–Crippen LogP) is 4.39. The normalized spacial score (nSPS) is 29.3. The number of hydrogen-bond acceptors (Lipinski definition) is 5. The Morgan fingerprint density at radius 3 is 2.96 bits per heavy atom. The first-order valence-corrected chi connectivity index (χ1v) is 9.83. The summed E-state index contributed by atoms with van der Waals surface area (Å²) >= 11 is 1.65. The van der Waals surface area contributed by atoms with Gasteiger partial charge >= 0.3 is 0 Å². The van der Waals surface area contributed by atoms with E-state index in [0.29, 0.717) is 18.1 Å². The Kier molecular flexibility index (Phi) is 4.50. The van der Waals surface area contributed by atoms with E-state index < -0.39 is 5.92 Å². The summed E-state index contributed by atoms with van der Waals surface area (Å²) in [6.45, 7) is 2.80. The van der Waals surface area contributed by atoms with Gasteiger partial charge in [-0.1, -0.05) is 12.1 Å². The third-order valence-electron chi connectivity index (χ3n) is 5.34. The molecule has 25 heavy (non-hydrogen) atoms. The fourth-order valence-electron chi connectivity index (χ4n) is 4.01. The minimum atomic E-state index is -2.55. The van der Waals surface area contributed by atoms with Crippen molar-refractivity contribution in [2.75, 3.05) is 6.54 Å². The second kappa shape index (κ2) is 6.52. The number of halogens is 2. The summed E-state index contributed by atoms with van der Waals surface area (Å²) in [4.78, 5) is 4.22. The molecule has 0 amide bonds. The topological polar surface area (TPSA) is 50.1 Å². The van der Waals surface area contributed by atoms with Crippen molar-refractivity contribution >= 4 is 22.9 Å². The number of fused-ring (bicyclic) bond motifs is 1. The molecule has 1 aromatic heterocycles. The highest BCUT2D eigenvalue weighted by atomic mass is 32.2. The molecule has 2 aliphatic rings. The van der Waals surface area contributed by atoms with E-state index in [0.717, 1.165) is 36.0 Å². The lowest BCUT2D eigenvalue weighted by atomic mass is 9.81. The van der Waals surface area contributed by atoms with E-state index in [1.165, 1.54) is 0 Å². The standard InChI is InChI=1S/C18H23F2N3OS/c1-12-4-2-6-14-16(12)22-15(24-14)11-25-18(8-9-21-23-18)13-5-3-7-17(19,20)10-13/h2,4,6,13,21,23H,3,5,7-11H2,1H3. The predicted molar refractivity (Wildman–Crippen MR) is 95.4 cm³/mol. The number of hydrogen-bond donors (Lipinski definition) is 2. The first kappa shape index (κ1) is 17.2. The zero-order valence-electron chi connectivity index (χ0n) is 14.3. The highest BCUT2D eigenvalue weighted by molar-refractivity contribution is 7.99. The van der Waals surface area contributed by atoms with Crippen LogP contribution in [0.15, 0.2) is 22.6 Å². The summed E-state index contributed by atoms with van der Waals surface area (Å²) in [5.74, 6) is -1.37. The lowest BCUT2D eigenvalue weighted by Gasteiger charge is -2.41. The molecule has 1 saturated carbocycles. The van der Waals surface area contributed by atoms with Gasteiger partial charge in [-0.3, -0.25) is 5.43 Å². The van der Waals surface area contributed by atoms with Crippen LogP contribution < -0.4 is 10.9 Å². The largest absolute Gasteiger partial charge is 0.440 e. The molecule has 1 saturated heterocycles. The van der Waals surface area contributed by atoms with E-state index in [1.807, 2.05) is 25.1 Å². The lowest BCUT2D eigenvalue weighted by Crippen LogP contribution is -2.50. The van der Waals surface area contributed by atoms with Crippen LogP contribution in [0.5, 0.6) is 0 Å². The van der Waals surface area contributed by atoms with Gasteiger partial charge in [0.25, 0.3) is 0 Å². The smallest absolute Gasteiger partial charge is 0.248 e. The van der Waals surface area contributed by atoms with Gasteiger partial charge in [0.05, 0.1) is 10.6 Å². The molecule has 1 aliphatic heterocycles. The molecule has 2 N–H and O–H groups in total. The molecule has 2 atom stereocenters. The second-order valence-electron chi connectivity index (χ2n) is 7.16. The van der Waals surface area contributed by atoms with Gasteiger partial charge < -0.3 is 4.42 Å². The molecular weight excluding hydrogens is 344 g/mol. The number of nitrogens with one attached hydrogen (secondary N) is 2. The van der Waals surface area contributed by atoms with Crippen LogP contribution in [0.4, 0.5) is 8.78 Å². The van der Waals surface area contributed by atoms with Gasteiger partial charge in [0.2, 0.25) is 11.8 Å². The van der Waals surface area contributed by atoms with E-state index in [4.69, 9.17) is 4.42 Å². The van der Waals surface area contributed by atoms with Crippen LogP contribution >= 0.6 is 11.8 Å². The van der Waals surface area contributed by atoms with Crippen LogP contribution in [0.3, 0.4) is 0 Å². The Morgan fingerprint density at radius 1 is 1.36 bits per heavy atom. The van der Waals surface area contributed by atoms with E-state index in [-0.39, 0.29) is 23.6 Å². The number of hydrazine groups is 1. The Bertz CT molecular complexity index is 758. The van der Waals surface area contributed by atoms with Gasteiger partial charge in [0.1, 0.15) is 5.52 Å². The average molecular weight is 367 g/mol. The third kappa shape index (κ3) is 3.41. The van der Waals surface area contributed by atoms with Crippen molar-refractivity contribution in [3.63, 3.8) is 0 Å². The van der Waals surface area contributed by atoms with Crippen LogP contribution in [0.2, 0.25) is 0 Å². The minimum absolute atomic E-state index is 0.0160. The molecule has 0 bridgehead atoms. The monoisotopic (exact) mass is 367 g/mol. The van der Waals surface area contributed by atoms with Gasteiger partial charge in [-0.2, -0.15) is 0 Å². The van der Waals surface area contributed by atoms with Gasteiger partial charge in [0.15, 0.2) is 5.58 Å². The molecule has 2 unspecified atom stereocenters. The van der Waals surface area contributed by atoms with Crippen molar-refractivity contribution in [2.45, 2.75) is 55.6 Å². The number of thioether (sulfide) groups is 1. The van der Waals surface area contributed by atoms with Crippen LogP contribution in [0.25, 0.3) is 11.1 Å². The molecule has 2 aromatic rings. The van der Waals surface area contributed by atoms with Crippen molar-refractivity contribution in [1.82, 2.24) is 15.8 Å². The van der Waals surface area contributed by atoms with E-state index in [1.54, 1.807) is 11.8 Å². The number of alkyl halides is 2. The lowest BCUT2D eigenvalue weighted by molar-refractivity contribution is -0.0599. The number of benzene rings is 1. The van der Waals surface area contributed by atoms with Crippen molar-refractivity contribution in [1.29, 1.82) is 0 Å². The second-order valence-corrected chi connectivity index (χ2v) is 8.46. The maximum Gasteiger partial charge on any atom is 0.248 e. The summed E-state index contributed by atoms with van der Waals surface area (Å²) in [6, 6.07) is 5.87. The number of nitrogens with zero attached hydrogens (tertiary/aromatic N) is 1. The summed E-state index contributed by atoms with van der Waals surface area (Å²) in [6.07, 6.45) is 2.23. The number of aromatic nitrogens is 1.